The van der Waals surface area contributed by atoms with E-state index in [-0.39, 0.29) is 17.7 Å². The van der Waals surface area contributed by atoms with Crippen LogP contribution in [0.15, 0.2) is 24.3 Å². The SMILES string of the molecule is CSCC(=O)N[C@@H]1CCN(c2cccc(OC(F)(F)F)c2)C1. The van der Waals surface area contributed by atoms with Crippen LogP contribution < -0.4 is 15.0 Å². The van der Waals surface area contributed by atoms with Crippen LogP contribution in [-0.2, 0) is 4.79 Å². The molecule has 1 saturated heterocycles. The third-order valence-corrected chi connectivity index (χ3v) is 3.80. The van der Waals surface area contributed by atoms with Crippen molar-refractivity contribution in [3.63, 3.8) is 0 Å². The maximum atomic E-state index is 12.2. The first-order valence-corrected chi connectivity index (χ1v) is 8.16. The number of nitrogens with one attached hydrogen (secondary N) is 1. The molecule has 1 aromatic rings. The Morgan fingerprint density at radius 3 is 2.95 bits per heavy atom. The summed E-state index contributed by atoms with van der Waals surface area (Å²) in [6.07, 6.45) is -2.07. The Morgan fingerprint density at radius 1 is 1.50 bits per heavy atom. The predicted octanol–water partition coefficient (Wildman–Crippen LogP) is 2.64. The minimum atomic E-state index is -4.70. The fraction of sp³-hybridized carbons (Fsp3) is 0.500. The lowest BCUT2D eigenvalue weighted by atomic mass is 10.2. The molecular weight excluding hydrogens is 317 g/mol. The van der Waals surface area contributed by atoms with Crippen molar-refractivity contribution in [3.05, 3.63) is 24.3 Å². The molecule has 0 unspecified atom stereocenters. The molecule has 1 N–H and O–H groups in total. The number of halogens is 3. The largest absolute Gasteiger partial charge is 0.573 e. The summed E-state index contributed by atoms with van der Waals surface area (Å²) in [4.78, 5) is 13.5. The number of nitrogens with zero attached hydrogens (tertiary/aromatic N) is 1. The number of hydrogen-bond acceptors (Lipinski definition) is 4. The molecular formula is C14H17F3N2O2S. The van der Waals surface area contributed by atoms with E-state index in [1.54, 1.807) is 6.07 Å². The second-order valence-electron chi connectivity index (χ2n) is 4.98. The summed E-state index contributed by atoms with van der Waals surface area (Å²) < 4.78 is 40.7. The Morgan fingerprint density at radius 2 is 2.27 bits per heavy atom. The molecule has 8 heteroatoms. The van der Waals surface area contributed by atoms with Gasteiger partial charge in [-0.05, 0) is 24.8 Å². The van der Waals surface area contributed by atoms with E-state index in [9.17, 15) is 18.0 Å². The van der Waals surface area contributed by atoms with Gasteiger partial charge in [-0.2, -0.15) is 11.8 Å². The Labute approximate surface area is 131 Å². The number of hydrogen-bond donors (Lipinski definition) is 1. The van der Waals surface area contributed by atoms with Crippen LogP contribution in [0.4, 0.5) is 18.9 Å². The average molecular weight is 334 g/mol. The van der Waals surface area contributed by atoms with Gasteiger partial charge < -0.3 is 15.0 Å². The standard InChI is InChI=1S/C14H17F3N2O2S/c1-22-9-13(20)18-10-5-6-19(8-10)11-3-2-4-12(7-11)21-14(15,16)17/h2-4,7,10H,5-6,8-9H2,1H3,(H,18,20)/t10-/m1/s1. The molecule has 22 heavy (non-hydrogen) atoms. The monoisotopic (exact) mass is 334 g/mol. The van der Waals surface area contributed by atoms with E-state index < -0.39 is 6.36 Å². The van der Waals surface area contributed by atoms with Crippen LogP contribution in [0.5, 0.6) is 5.75 Å². The summed E-state index contributed by atoms with van der Waals surface area (Å²) in [5.41, 5.74) is 0.656. The van der Waals surface area contributed by atoms with E-state index in [0.29, 0.717) is 24.5 Å². The highest BCUT2D eigenvalue weighted by atomic mass is 32.2. The van der Waals surface area contributed by atoms with Gasteiger partial charge in [-0.3, -0.25) is 4.79 Å². The molecule has 1 fully saturated rings. The van der Waals surface area contributed by atoms with Crippen LogP contribution >= 0.6 is 11.8 Å². The molecule has 4 nitrogen and oxygen atoms in total. The number of alkyl halides is 3. The zero-order chi connectivity index (χ0) is 16.2. The van der Waals surface area contributed by atoms with Gasteiger partial charge in [0.2, 0.25) is 5.91 Å². The zero-order valence-corrected chi connectivity index (χ0v) is 12.8. The van der Waals surface area contributed by atoms with Gasteiger partial charge in [0.05, 0.1) is 5.75 Å². The van der Waals surface area contributed by atoms with Gasteiger partial charge in [0.15, 0.2) is 0 Å². The fourth-order valence-corrected chi connectivity index (χ4v) is 2.74. The predicted molar refractivity (Wildman–Crippen MR) is 80.3 cm³/mol. The summed E-state index contributed by atoms with van der Waals surface area (Å²) >= 11 is 1.45. The normalized spacial score (nSPS) is 18.4. The van der Waals surface area contributed by atoms with Crippen molar-refractivity contribution >= 4 is 23.4 Å². The molecule has 1 aliphatic heterocycles. The molecule has 1 aliphatic rings. The Balaban J connectivity index is 1.96. The van der Waals surface area contributed by atoms with E-state index in [1.165, 1.54) is 30.0 Å². The summed E-state index contributed by atoms with van der Waals surface area (Å²) in [7, 11) is 0. The smallest absolute Gasteiger partial charge is 0.406 e. The molecule has 2 rings (SSSR count). The molecule has 0 aliphatic carbocycles. The highest BCUT2D eigenvalue weighted by Crippen LogP contribution is 2.28. The van der Waals surface area contributed by atoms with E-state index in [4.69, 9.17) is 0 Å². The lowest BCUT2D eigenvalue weighted by Gasteiger charge is -2.20. The number of benzene rings is 1. The van der Waals surface area contributed by atoms with E-state index >= 15 is 0 Å². The molecule has 0 bridgehead atoms. The highest BCUT2D eigenvalue weighted by molar-refractivity contribution is 7.99. The first-order valence-electron chi connectivity index (χ1n) is 6.76. The number of carbonyl (C=O) groups excluding carboxylic acids is 1. The van der Waals surface area contributed by atoms with Crippen molar-refractivity contribution in [2.75, 3.05) is 30.0 Å². The van der Waals surface area contributed by atoms with Crippen LogP contribution in [0.2, 0.25) is 0 Å². The number of carbonyl (C=O) groups is 1. The van der Waals surface area contributed by atoms with Gasteiger partial charge in [0.1, 0.15) is 5.75 Å². The topological polar surface area (TPSA) is 41.6 Å². The highest BCUT2D eigenvalue weighted by Gasteiger charge is 2.31. The summed E-state index contributed by atoms with van der Waals surface area (Å²) in [6.45, 7) is 1.26. The van der Waals surface area contributed by atoms with Crippen molar-refractivity contribution in [1.29, 1.82) is 0 Å². The van der Waals surface area contributed by atoms with Gasteiger partial charge in [0, 0.05) is 30.9 Å². The second kappa shape index (κ2) is 7.13. The zero-order valence-electron chi connectivity index (χ0n) is 12.0. The van der Waals surface area contributed by atoms with Gasteiger partial charge in [-0.15, -0.1) is 13.2 Å². The minimum Gasteiger partial charge on any atom is -0.406 e. The Bertz CT molecular complexity index is 525. The molecule has 1 heterocycles. The molecule has 1 atom stereocenters. The number of thioether (sulfide) groups is 1. The number of amides is 1. The van der Waals surface area contributed by atoms with Gasteiger partial charge in [-0.1, -0.05) is 6.07 Å². The van der Waals surface area contributed by atoms with E-state index in [0.717, 1.165) is 6.42 Å². The van der Waals surface area contributed by atoms with Gasteiger partial charge in [-0.25, -0.2) is 0 Å². The third-order valence-electron chi connectivity index (χ3n) is 3.25. The first-order chi connectivity index (χ1) is 10.4. The van der Waals surface area contributed by atoms with Crippen LogP contribution in [0.25, 0.3) is 0 Å². The molecule has 1 amide bonds. The van der Waals surface area contributed by atoms with Crippen molar-refractivity contribution in [3.8, 4) is 5.75 Å². The lowest BCUT2D eigenvalue weighted by molar-refractivity contribution is -0.274. The van der Waals surface area contributed by atoms with Crippen LogP contribution in [0, 0.1) is 0 Å². The average Bonchev–Trinajstić information content (AvgIpc) is 2.85. The van der Waals surface area contributed by atoms with Crippen molar-refractivity contribution in [2.45, 2.75) is 18.8 Å². The molecule has 0 aromatic heterocycles. The minimum absolute atomic E-state index is 0.0199. The maximum absolute atomic E-state index is 12.2. The van der Waals surface area contributed by atoms with Gasteiger partial charge >= 0.3 is 6.36 Å². The van der Waals surface area contributed by atoms with Crippen LogP contribution in [0.1, 0.15) is 6.42 Å². The molecule has 0 radical (unpaired) electrons. The molecule has 0 spiro atoms. The van der Waals surface area contributed by atoms with Crippen molar-refractivity contribution in [2.24, 2.45) is 0 Å². The van der Waals surface area contributed by atoms with Crippen LogP contribution in [-0.4, -0.2) is 43.4 Å². The number of anilines is 1. The number of rotatable bonds is 5. The van der Waals surface area contributed by atoms with Crippen molar-refractivity contribution in [1.82, 2.24) is 5.32 Å². The Hall–Kier alpha value is -1.57. The molecule has 0 saturated carbocycles. The van der Waals surface area contributed by atoms with E-state index in [2.05, 4.69) is 10.1 Å². The Kier molecular flexibility index (Phi) is 5.44. The second-order valence-corrected chi connectivity index (χ2v) is 5.84. The fourth-order valence-electron chi connectivity index (χ4n) is 2.39. The molecule has 1 aromatic carbocycles. The third kappa shape index (κ3) is 5.01. The summed E-state index contributed by atoms with van der Waals surface area (Å²) in [5.74, 6) is 0.152. The quantitative estimate of drug-likeness (QED) is 0.899. The lowest BCUT2D eigenvalue weighted by Crippen LogP contribution is -2.38. The number of ether oxygens (including phenoxy) is 1. The maximum Gasteiger partial charge on any atom is 0.573 e. The van der Waals surface area contributed by atoms with Crippen LogP contribution in [0.3, 0.4) is 0 Å². The summed E-state index contributed by atoms with van der Waals surface area (Å²) in [6, 6.07) is 5.90. The first kappa shape index (κ1) is 16.8. The molecule has 122 valence electrons. The van der Waals surface area contributed by atoms with Gasteiger partial charge in [0.25, 0.3) is 0 Å². The summed E-state index contributed by atoms with van der Waals surface area (Å²) in [5, 5.41) is 2.92. The van der Waals surface area contributed by atoms with Crippen molar-refractivity contribution < 1.29 is 22.7 Å². The van der Waals surface area contributed by atoms with E-state index in [1.807, 2.05) is 11.2 Å².